The molecule has 1 aromatic carbocycles. The lowest BCUT2D eigenvalue weighted by Crippen LogP contribution is -2.19. The maximum absolute atomic E-state index is 12.5. The second-order valence-corrected chi connectivity index (χ2v) is 6.47. The van der Waals surface area contributed by atoms with Gasteiger partial charge >= 0.3 is 0 Å². The summed E-state index contributed by atoms with van der Waals surface area (Å²) in [4.78, 5) is 0.339. The highest BCUT2D eigenvalue weighted by Crippen LogP contribution is 2.29. The van der Waals surface area contributed by atoms with E-state index in [4.69, 9.17) is 0 Å². The first kappa shape index (κ1) is 13.0. The molecule has 20 heavy (non-hydrogen) atoms. The van der Waals surface area contributed by atoms with Crippen LogP contribution in [0.15, 0.2) is 35.5 Å². The summed E-state index contributed by atoms with van der Waals surface area (Å²) in [5.41, 5.74) is 2.23. The van der Waals surface area contributed by atoms with Gasteiger partial charge in [0.05, 0.1) is 16.8 Å². The van der Waals surface area contributed by atoms with Gasteiger partial charge in [-0.25, -0.2) is 8.42 Å². The normalized spacial score (nSPS) is 14.4. The number of anilines is 2. The van der Waals surface area contributed by atoms with Crippen molar-refractivity contribution in [2.45, 2.75) is 17.7 Å². The van der Waals surface area contributed by atoms with Crippen molar-refractivity contribution < 1.29 is 8.42 Å². The van der Waals surface area contributed by atoms with Gasteiger partial charge in [-0.1, -0.05) is 6.07 Å². The number of benzene rings is 1. The zero-order valence-corrected chi connectivity index (χ0v) is 11.9. The Balaban J connectivity index is 1.99. The molecule has 0 aliphatic carbocycles. The van der Waals surface area contributed by atoms with Crippen LogP contribution in [0, 0.1) is 0 Å². The van der Waals surface area contributed by atoms with E-state index >= 15 is 0 Å². The Kier molecular flexibility index (Phi) is 3.13. The number of aryl methyl sites for hydroxylation is 1. The number of nitrogens with zero attached hydrogens (tertiary/aromatic N) is 2. The fraction of sp³-hybridized carbons (Fsp3) is 0.308. The summed E-state index contributed by atoms with van der Waals surface area (Å²) in [7, 11) is -1.84. The lowest BCUT2D eigenvalue weighted by atomic mass is 10.0. The monoisotopic (exact) mass is 292 g/mol. The van der Waals surface area contributed by atoms with E-state index < -0.39 is 10.0 Å². The van der Waals surface area contributed by atoms with Gasteiger partial charge in [-0.05, 0) is 30.5 Å². The fourth-order valence-electron chi connectivity index (χ4n) is 2.41. The van der Waals surface area contributed by atoms with Crippen molar-refractivity contribution in [1.82, 2.24) is 9.78 Å². The lowest BCUT2D eigenvalue weighted by Gasteiger charge is -2.20. The van der Waals surface area contributed by atoms with Crippen LogP contribution in [-0.4, -0.2) is 24.7 Å². The van der Waals surface area contributed by atoms with Gasteiger partial charge in [-0.3, -0.25) is 9.40 Å². The van der Waals surface area contributed by atoms with Crippen LogP contribution in [0.3, 0.4) is 0 Å². The van der Waals surface area contributed by atoms with Gasteiger partial charge in [0.25, 0.3) is 10.0 Å². The van der Waals surface area contributed by atoms with E-state index in [2.05, 4.69) is 15.1 Å². The van der Waals surface area contributed by atoms with Gasteiger partial charge in [-0.15, -0.1) is 0 Å². The Morgan fingerprint density at radius 2 is 2.25 bits per heavy atom. The first-order chi connectivity index (χ1) is 9.56. The highest BCUT2D eigenvalue weighted by molar-refractivity contribution is 7.92. The van der Waals surface area contributed by atoms with E-state index in [0.29, 0.717) is 10.6 Å². The van der Waals surface area contributed by atoms with Crippen molar-refractivity contribution >= 4 is 21.4 Å². The van der Waals surface area contributed by atoms with E-state index in [0.717, 1.165) is 30.6 Å². The van der Waals surface area contributed by atoms with Crippen LogP contribution < -0.4 is 10.0 Å². The molecule has 1 aliphatic rings. The predicted molar refractivity (Wildman–Crippen MR) is 77.3 cm³/mol. The number of hydrogen-bond donors (Lipinski definition) is 2. The summed E-state index contributed by atoms with van der Waals surface area (Å²) in [6.45, 7) is 0.881. The average Bonchev–Trinajstić information content (AvgIpc) is 2.82. The third-order valence-corrected chi connectivity index (χ3v) is 4.76. The Bertz CT molecular complexity index is 737. The van der Waals surface area contributed by atoms with Crippen molar-refractivity contribution in [3.05, 3.63) is 36.2 Å². The first-order valence-corrected chi connectivity index (χ1v) is 7.92. The number of nitrogens with one attached hydrogen (secondary N) is 2. The number of aromatic nitrogens is 2. The Morgan fingerprint density at radius 3 is 3.00 bits per heavy atom. The smallest absolute Gasteiger partial charge is 0.262 e. The molecule has 1 aliphatic heterocycles. The van der Waals surface area contributed by atoms with Gasteiger partial charge in [-0.2, -0.15) is 5.10 Å². The number of sulfonamides is 1. The quantitative estimate of drug-likeness (QED) is 0.900. The molecule has 0 radical (unpaired) electrons. The minimum atomic E-state index is -3.58. The van der Waals surface area contributed by atoms with Gasteiger partial charge in [0.1, 0.15) is 0 Å². The molecule has 7 heteroatoms. The predicted octanol–water partition coefficient (Wildman–Crippen LogP) is 1.58. The summed E-state index contributed by atoms with van der Waals surface area (Å²) in [5.74, 6) is 0. The second kappa shape index (κ2) is 4.82. The van der Waals surface area contributed by atoms with Gasteiger partial charge in [0, 0.05) is 25.5 Å². The molecule has 0 saturated heterocycles. The number of fused-ring (bicyclic) bond motifs is 1. The molecule has 106 valence electrons. The third kappa shape index (κ3) is 2.36. The van der Waals surface area contributed by atoms with E-state index in [9.17, 15) is 8.42 Å². The molecule has 2 N–H and O–H groups in total. The number of hydrogen-bond acceptors (Lipinski definition) is 4. The van der Waals surface area contributed by atoms with Crippen LogP contribution in [0.25, 0.3) is 0 Å². The highest BCUT2D eigenvalue weighted by Gasteiger charge is 2.22. The third-order valence-electron chi connectivity index (χ3n) is 3.30. The first-order valence-electron chi connectivity index (χ1n) is 6.43. The van der Waals surface area contributed by atoms with Crippen LogP contribution in [0.4, 0.5) is 11.4 Å². The van der Waals surface area contributed by atoms with Crippen molar-refractivity contribution in [2.24, 2.45) is 7.05 Å². The van der Waals surface area contributed by atoms with Crippen molar-refractivity contribution in [1.29, 1.82) is 0 Å². The molecule has 1 aromatic heterocycles. The van der Waals surface area contributed by atoms with E-state index in [-0.39, 0.29) is 0 Å². The molecule has 0 spiro atoms. The van der Waals surface area contributed by atoms with Gasteiger partial charge in [0.2, 0.25) is 0 Å². The van der Waals surface area contributed by atoms with E-state index in [1.165, 1.54) is 6.20 Å². The van der Waals surface area contributed by atoms with Crippen LogP contribution >= 0.6 is 0 Å². The topological polar surface area (TPSA) is 76.0 Å². The van der Waals surface area contributed by atoms with Crippen LogP contribution in [-0.2, 0) is 23.5 Å². The molecule has 2 aromatic rings. The summed E-state index contributed by atoms with van der Waals surface area (Å²) in [5, 5.41) is 7.19. The molecular weight excluding hydrogens is 276 g/mol. The zero-order valence-electron chi connectivity index (χ0n) is 11.1. The number of rotatable bonds is 3. The maximum atomic E-state index is 12.5. The molecule has 0 bridgehead atoms. The molecule has 2 heterocycles. The molecule has 0 fully saturated rings. The van der Waals surface area contributed by atoms with Crippen molar-refractivity contribution in [3.8, 4) is 0 Å². The fourth-order valence-corrected chi connectivity index (χ4v) is 3.73. The largest absolute Gasteiger partial charge is 0.385 e. The minimum absolute atomic E-state index is 0.339. The van der Waals surface area contributed by atoms with Crippen LogP contribution in [0.5, 0.6) is 0 Å². The summed E-state index contributed by atoms with van der Waals surface area (Å²) in [6.07, 6.45) is 4.83. The molecule has 0 saturated carbocycles. The van der Waals surface area contributed by atoms with Gasteiger partial charge in [0.15, 0.2) is 0 Å². The highest BCUT2D eigenvalue weighted by atomic mass is 32.2. The molecule has 0 amide bonds. The second-order valence-electron chi connectivity index (χ2n) is 4.82. The molecule has 0 unspecified atom stereocenters. The zero-order chi connectivity index (χ0) is 14.2. The van der Waals surface area contributed by atoms with Crippen LogP contribution in [0.2, 0.25) is 0 Å². The summed E-state index contributed by atoms with van der Waals surface area (Å²) in [6, 6.07) is 5.32. The SMILES string of the molecule is Cn1cc(NS(=O)(=O)c2cccc3c2CCCN3)cn1. The van der Waals surface area contributed by atoms with E-state index in [1.54, 1.807) is 30.1 Å². The summed E-state index contributed by atoms with van der Waals surface area (Å²) >= 11 is 0. The summed E-state index contributed by atoms with van der Waals surface area (Å²) < 4.78 is 29.1. The molecule has 0 atom stereocenters. The molecule has 3 rings (SSSR count). The van der Waals surface area contributed by atoms with Crippen LogP contribution in [0.1, 0.15) is 12.0 Å². The standard InChI is InChI=1S/C13H16N4O2S/c1-17-9-10(8-15-17)16-20(18,19)13-6-2-5-12-11(13)4-3-7-14-12/h2,5-6,8-9,14,16H,3-4,7H2,1H3. The maximum Gasteiger partial charge on any atom is 0.262 e. The Morgan fingerprint density at radius 1 is 1.40 bits per heavy atom. The minimum Gasteiger partial charge on any atom is -0.385 e. The average molecular weight is 292 g/mol. The Hall–Kier alpha value is -2.02. The van der Waals surface area contributed by atoms with Crippen molar-refractivity contribution in [2.75, 3.05) is 16.6 Å². The Labute approximate surface area is 117 Å². The van der Waals surface area contributed by atoms with E-state index in [1.807, 2.05) is 6.07 Å². The molecular formula is C13H16N4O2S. The lowest BCUT2D eigenvalue weighted by molar-refractivity contribution is 0.599. The van der Waals surface area contributed by atoms with Gasteiger partial charge < -0.3 is 5.32 Å². The van der Waals surface area contributed by atoms with Crippen molar-refractivity contribution in [3.63, 3.8) is 0 Å². The molecule has 6 nitrogen and oxygen atoms in total.